The Labute approximate surface area is 167 Å². The van der Waals surface area contributed by atoms with Gasteiger partial charge in [0, 0.05) is 42.0 Å². The number of aromatic hydroxyl groups is 1. The number of allylic oxidation sites excluding steroid dienone is 2. The Bertz CT molecular complexity index is 1320. The molecule has 0 saturated heterocycles. The molecule has 1 aliphatic carbocycles. The molecule has 0 aromatic heterocycles. The molecule has 0 fully saturated rings. The summed E-state index contributed by atoms with van der Waals surface area (Å²) in [7, 11) is 0. The SMILES string of the molecule is [2H]C1=C(C([2H])([2H])[2H])CC([2H])([2H])[C@@]2([2H])C(C)(C)Oc3cc(C([2H])([2H])C([2H])([2H])C([2H])([2H])C([2H])([2H])C([2H])([2H])[2H])cc(O)c3[C@]12[2H]. The fourth-order valence-electron chi connectivity index (χ4n) is 2.69. The van der Waals surface area contributed by atoms with Crippen molar-refractivity contribution in [3.05, 3.63) is 34.9 Å². The van der Waals surface area contributed by atoms with E-state index in [2.05, 4.69) is 0 Å². The third-order valence-corrected chi connectivity index (χ3v) is 3.60. The molecule has 2 aliphatic rings. The van der Waals surface area contributed by atoms with Crippen molar-refractivity contribution in [3.63, 3.8) is 0 Å². The van der Waals surface area contributed by atoms with Gasteiger partial charge in [-0.05, 0) is 63.9 Å². The second-order valence-electron chi connectivity index (χ2n) is 5.69. The lowest BCUT2D eigenvalue weighted by atomic mass is 9.68. The van der Waals surface area contributed by atoms with Crippen LogP contribution in [0.1, 0.15) is 103 Å². The Balaban J connectivity index is 2.40. The van der Waals surface area contributed by atoms with Crippen molar-refractivity contribution >= 4 is 0 Å². The Morgan fingerprint density at radius 3 is 3.17 bits per heavy atom. The van der Waals surface area contributed by atoms with Gasteiger partial charge in [-0.25, -0.2) is 0 Å². The van der Waals surface area contributed by atoms with Gasteiger partial charge >= 0.3 is 0 Å². The van der Waals surface area contributed by atoms with E-state index in [1.165, 1.54) is 13.8 Å². The first-order valence-corrected chi connectivity index (χ1v) is 6.99. The minimum atomic E-state index is -4.02. The van der Waals surface area contributed by atoms with Crippen LogP contribution in [0.25, 0.3) is 0 Å². The molecule has 3 rings (SSSR count). The maximum absolute atomic E-state index is 11.1. The molecule has 0 bridgehead atoms. The number of ether oxygens (including phenoxy) is 1. The molecular formula is C21H30O2. The number of hydrogen-bond acceptors (Lipinski definition) is 2. The van der Waals surface area contributed by atoms with Gasteiger partial charge in [0.1, 0.15) is 17.1 Å². The van der Waals surface area contributed by atoms with Gasteiger partial charge in [0.2, 0.25) is 0 Å². The fourth-order valence-corrected chi connectivity index (χ4v) is 2.69. The summed E-state index contributed by atoms with van der Waals surface area (Å²) in [6.45, 7) is -4.46. The number of aryl methyl sites for hydroxylation is 1. The van der Waals surface area contributed by atoms with E-state index in [-0.39, 0.29) is 0 Å². The van der Waals surface area contributed by atoms with Crippen LogP contribution in [0.2, 0.25) is 0 Å². The number of benzene rings is 1. The highest BCUT2D eigenvalue weighted by Gasteiger charge is 2.45. The highest BCUT2D eigenvalue weighted by Crippen LogP contribution is 2.53. The molecule has 0 radical (unpaired) electrons. The first-order valence-electron chi connectivity index (χ1n) is 16.5. The highest BCUT2D eigenvalue weighted by molar-refractivity contribution is 5.53. The van der Waals surface area contributed by atoms with Gasteiger partial charge in [0.15, 0.2) is 0 Å². The first-order chi connectivity index (χ1) is 18.2. The van der Waals surface area contributed by atoms with Gasteiger partial charge in [-0.1, -0.05) is 31.2 Å². The van der Waals surface area contributed by atoms with Crippen LogP contribution in [0, 0.1) is 5.89 Å². The number of rotatable bonds is 4. The molecule has 1 heterocycles. The lowest BCUT2D eigenvalue weighted by molar-refractivity contribution is 0.0107. The van der Waals surface area contributed by atoms with E-state index in [4.69, 9.17) is 28.0 Å². The molecule has 0 amide bonds. The van der Waals surface area contributed by atoms with Crippen molar-refractivity contribution < 1.29 is 35.9 Å². The van der Waals surface area contributed by atoms with Crippen LogP contribution in [0.4, 0.5) is 0 Å². The van der Waals surface area contributed by atoms with Crippen LogP contribution in [0.3, 0.4) is 0 Å². The zero-order chi connectivity index (χ0) is 33.3. The number of phenols is 1. The van der Waals surface area contributed by atoms with Crippen molar-refractivity contribution in [1.82, 2.24) is 0 Å². The second kappa shape index (κ2) is 6.22. The molecular weight excluding hydrogens is 284 g/mol. The fraction of sp³-hybridized carbons (Fsp3) is 0.619. The van der Waals surface area contributed by atoms with Crippen LogP contribution in [-0.2, 0) is 6.37 Å². The number of phenolic OH excluding ortho intramolecular Hbond substituents is 1. The third-order valence-electron chi connectivity index (χ3n) is 3.60. The standard InChI is InChI=1S/C21H30O2/c1-5-6-7-8-15-12-18(22)20-16-11-14(2)9-10-17(16)21(3,4)23-19(20)13-15/h11-13,16-17,22H,5-10H2,1-4H3/t16-,17-/m1/s1/i1D3,2D3,5D2,6D2,7D2,8D2,10D2,11D,16D,17D. The summed E-state index contributed by atoms with van der Waals surface area (Å²) in [5, 5.41) is 11.1. The van der Waals surface area contributed by atoms with E-state index in [0.29, 0.717) is 12.1 Å². The Hall–Kier alpha value is -1.44. The van der Waals surface area contributed by atoms with Gasteiger partial charge < -0.3 is 9.84 Å². The van der Waals surface area contributed by atoms with Crippen molar-refractivity contribution in [2.45, 2.75) is 77.3 Å². The molecule has 1 aromatic carbocycles. The predicted molar refractivity (Wildman–Crippen MR) is 95.3 cm³/mol. The van der Waals surface area contributed by atoms with Gasteiger partial charge in [0.05, 0.1) is 1.37 Å². The normalized spacial score (nSPS) is 49.9. The molecule has 0 saturated carbocycles. The smallest absolute Gasteiger partial charge is 0.127 e. The monoisotopic (exact) mass is 333 g/mol. The molecule has 1 aliphatic heterocycles. The van der Waals surface area contributed by atoms with Gasteiger partial charge in [-0.3, -0.25) is 0 Å². The van der Waals surface area contributed by atoms with Crippen molar-refractivity contribution in [3.8, 4) is 11.5 Å². The molecule has 0 unspecified atom stereocenters. The average molecular weight is 334 g/mol. The van der Waals surface area contributed by atoms with E-state index in [1.54, 1.807) is 0 Å². The summed E-state index contributed by atoms with van der Waals surface area (Å²) in [5.74, 6) is -7.57. The van der Waals surface area contributed by atoms with Crippen LogP contribution < -0.4 is 4.74 Å². The largest absolute Gasteiger partial charge is 0.507 e. The third kappa shape index (κ3) is 3.13. The van der Waals surface area contributed by atoms with E-state index >= 15 is 0 Å². The van der Waals surface area contributed by atoms with E-state index < -0.39 is 104 Å². The van der Waals surface area contributed by atoms with E-state index in [9.17, 15) is 7.85 Å². The first kappa shape index (κ1) is 5.03. The van der Waals surface area contributed by atoms with Crippen molar-refractivity contribution in [2.24, 2.45) is 5.89 Å². The van der Waals surface area contributed by atoms with Crippen LogP contribution in [0.15, 0.2) is 23.8 Å². The van der Waals surface area contributed by atoms with Gasteiger partial charge in [-0.2, -0.15) is 0 Å². The lowest BCUT2D eigenvalue weighted by Gasteiger charge is -2.46. The summed E-state index contributed by atoms with van der Waals surface area (Å²) >= 11 is 0. The molecule has 2 heteroatoms. The maximum Gasteiger partial charge on any atom is 0.127 e. The van der Waals surface area contributed by atoms with Gasteiger partial charge in [-0.15, -0.1) is 0 Å². The molecule has 1 N–H and O–H groups in total. The lowest BCUT2D eigenvalue weighted by Crippen LogP contribution is -2.45. The van der Waals surface area contributed by atoms with Crippen LogP contribution in [-0.4, -0.2) is 10.7 Å². The molecule has 2 atom stereocenters. The predicted octanol–water partition coefficient (Wildman–Crippen LogP) is 5.74. The Kier molecular flexibility index (Phi) is 1.36. The van der Waals surface area contributed by atoms with Gasteiger partial charge in [0.25, 0.3) is 0 Å². The molecule has 23 heavy (non-hydrogen) atoms. The topological polar surface area (TPSA) is 29.5 Å². The molecule has 1 aromatic rings. The van der Waals surface area contributed by atoms with Crippen molar-refractivity contribution in [2.75, 3.05) is 0 Å². The van der Waals surface area contributed by atoms with Crippen LogP contribution >= 0.6 is 0 Å². The summed E-state index contributed by atoms with van der Waals surface area (Å²) in [6.07, 6.45) is -19.2. The Morgan fingerprint density at radius 1 is 1.52 bits per heavy atom. The quantitative estimate of drug-likeness (QED) is 0.712. The van der Waals surface area contributed by atoms with Crippen LogP contribution in [0.5, 0.6) is 11.5 Å². The van der Waals surface area contributed by atoms with E-state index in [0.717, 1.165) is 0 Å². The number of fused-ring (bicyclic) bond motifs is 3. The van der Waals surface area contributed by atoms with E-state index in [1.807, 2.05) is 0 Å². The average Bonchev–Trinajstić information content (AvgIpc) is 2.77. The zero-order valence-corrected chi connectivity index (χ0v) is 12.7. The second-order valence-corrected chi connectivity index (χ2v) is 5.69. The number of hydrogen-bond donors (Lipinski definition) is 1. The minimum absolute atomic E-state index is 0.489. The molecule has 0 spiro atoms. The minimum Gasteiger partial charge on any atom is -0.507 e. The summed E-state index contributed by atoms with van der Waals surface area (Å²) in [5.41, 5.74) is -4.56. The Morgan fingerprint density at radius 2 is 2.39 bits per heavy atom. The highest BCUT2D eigenvalue weighted by atomic mass is 16.5. The maximum atomic E-state index is 11.1. The summed E-state index contributed by atoms with van der Waals surface area (Å²) in [4.78, 5) is 0. The summed E-state index contributed by atoms with van der Waals surface area (Å²) in [6, 6.07) is 0.161. The summed E-state index contributed by atoms with van der Waals surface area (Å²) < 4.78 is 161. The molecule has 126 valence electrons. The molecule has 2 nitrogen and oxygen atoms in total. The van der Waals surface area contributed by atoms with Crippen molar-refractivity contribution in [1.29, 1.82) is 0 Å². The zero-order valence-electron chi connectivity index (χ0n) is 31.7.